The maximum Gasteiger partial charge on any atom is 0.103 e. The van der Waals surface area contributed by atoms with E-state index in [2.05, 4.69) is 16.0 Å². The van der Waals surface area contributed by atoms with Crippen LogP contribution < -0.4 is 4.90 Å². The third-order valence-electron chi connectivity index (χ3n) is 3.25. The zero-order valence-corrected chi connectivity index (χ0v) is 11.2. The van der Waals surface area contributed by atoms with Crippen LogP contribution >= 0.6 is 0 Å². The molecule has 96 valence electrons. The lowest BCUT2D eigenvalue weighted by Crippen LogP contribution is -2.30. The molecule has 1 saturated carbocycles. The molecule has 0 N–H and O–H groups in total. The van der Waals surface area contributed by atoms with Crippen LogP contribution in [0.5, 0.6) is 0 Å². The zero-order chi connectivity index (χ0) is 13.1. The largest absolute Gasteiger partial charge is 0.383 e. The Morgan fingerprint density at radius 3 is 2.78 bits per heavy atom. The first-order valence-electron chi connectivity index (χ1n) is 6.31. The van der Waals surface area contributed by atoms with E-state index in [-0.39, 0.29) is 0 Å². The summed E-state index contributed by atoms with van der Waals surface area (Å²) in [7, 11) is 1.71. The Morgan fingerprint density at radius 2 is 2.22 bits per heavy atom. The molecule has 1 aliphatic rings. The molecule has 4 nitrogen and oxygen atoms in total. The molecule has 4 heteroatoms. The number of rotatable bonds is 5. The van der Waals surface area contributed by atoms with Gasteiger partial charge in [0.05, 0.1) is 23.6 Å². The van der Waals surface area contributed by atoms with Gasteiger partial charge in [0, 0.05) is 25.4 Å². The fraction of sp³-hybridized carbons (Fsp3) is 0.571. The molecule has 0 atom stereocenters. The van der Waals surface area contributed by atoms with Gasteiger partial charge in [-0.25, -0.2) is 0 Å². The summed E-state index contributed by atoms with van der Waals surface area (Å²) in [6.07, 6.45) is 2.41. The van der Waals surface area contributed by atoms with E-state index in [0.29, 0.717) is 18.2 Å². The van der Waals surface area contributed by atoms with Crippen LogP contribution in [0.1, 0.15) is 29.8 Å². The Bertz CT molecular complexity index is 475. The second kappa shape index (κ2) is 5.36. The van der Waals surface area contributed by atoms with Crippen molar-refractivity contribution in [1.82, 2.24) is 4.98 Å². The van der Waals surface area contributed by atoms with Gasteiger partial charge >= 0.3 is 0 Å². The zero-order valence-electron chi connectivity index (χ0n) is 11.2. The van der Waals surface area contributed by atoms with E-state index in [1.807, 2.05) is 19.9 Å². The number of hydrogen-bond donors (Lipinski definition) is 0. The number of methoxy groups -OCH3 is 1. The standard InChI is InChI=1S/C14H19N3O/c1-10-8-14(13(9-15)11(2)16-10)17(6-7-18-3)12-4-5-12/h8,12H,4-7H2,1-3H3. The summed E-state index contributed by atoms with van der Waals surface area (Å²) in [5.74, 6) is 0. The van der Waals surface area contributed by atoms with Crippen molar-refractivity contribution in [1.29, 1.82) is 5.26 Å². The molecule has 0 aromatic carbocycles. The van der Waals surface area contributed by atoms with Crippen LogP contribution in [0.2, 0.25) is 0 Å². The van der Waals surface area contributed by atoms with Gasteiger partial charge in [0.25, 0.3) is 0 Å². The third-order valence-corrected chi connectivity index (χ3v) is 3.25. The topological polar surface area (TPSA) is 49.1 Å². The molecular formula is C14H19N3O. The highest BCUT2D eigenvalue weighted by atomic mass is 16.5. The number of anilines is 1. The van der Waals surface area contributed by atoms with Crippen LogP contribution in [0, 0.1) is 25.2 Å². The second-order valence-corrected chi connectivity index (χ2v) is 4.77. The average Bonchev–Trinajstić information content (AvgIpc) is 3.13. The van der Waals surface area contributed by atoms with Crippen molar-refractivity contribution >= 4 is 5.69 Å². The van der Waals surface area contributed by atoms with Gasteiger partial charge in [-0.3, -0.25) is 4.98 Å². The van der Waals surface area contributed by atoms with E-state index in [4.69, 9.17) is 4.74 Å². The molecule has 0 saturated heterocycles. The first-order valence-corrected chi connectivity index (χ1v) is 6.31. The predicted molar refractivity (Wildman–Crippen MR) is 70.7 cm³/mol. The molecule has 0 aliphatic heterocycles. The van der Waals surface area contributed by atoms with Crippen molar-refractivity contribution < 1.29 is 4.74 Å². The number of nitriles is 1. The highest BCUT2D eigenvalue weighted by molar-refractivity contribution is 5.62. The van der Waals surface area contributed by atoms with Crippen molar-refractivity contribution in [3.63, 3.8) is 0 Å². The van der Waals surface area contributed by atoms with Crippen LogP contribution in [-0.4, -0.2) is 31.3 Å². The van der Waals surface area contributed by atoms with Crippen molar-refractivity contribution in [2.24, 2.45) is 0 Å². The van der Waals surface area contributed by atoms with Crippen molar-refractivity contribution in [3.05, 3.63) is 23.0 Å². The Labute approximate surface area is 108 Å². The summed E-state index contributed by atoms with van der Waals surface area (Å²) in [6, 6.07) is 4.86. The molecule has 1 fully saturated rings. The lowest BCUT2D eigenvalue weighted by Gasteiger charge is -2.26. The molecule has 2 rings (SSSR count). The van der Waals surface area contributed by atoms with Crippen LogP contribution in [0.4, 0.5) is 5.69 Å². The molecule has 0 unspecified atom stereocenters. The fourth-order valence-electron chi connectivity index (χ4n) is 2.25. The molecule has 1 aromatic rings. The minimum absolute atomic E-state index is 0.563. The summed E-state index contributed by atoms with van der Waals surface area (Å²) in [5, 5.41) is 9.32. The van der Waals surface area contributed by atoms with E-state index in [9.17, 15) is 5.26 Å². The molecule has 0 amide bonds. The molecular weight excluding hydrogens is 226 g/mol. The highest BCUT2D eigenvalue weighted by Gasteiger charge is 2.30. The Hall–Kier alpha value is -1.60. The predicted octanol–water partition coefficient (Wildman–Crippen LogP) is 2.19. The van der Waals surface area contributed by atoms with Gasteiger partial charge in [-0.2, -0.15) is 5.26 Å². The minimum Gasteiger partial charge on any atom is -0.383 e. The quantitative estimate of drug-likeness (QED) is 0.798. The van der Waals surface area contributed by atoms with Gasteiger partial charge in [-0.15, -0.1) is 0 Å². The van der Waals surface area contributed by atoms with E-state index < -0.39 is 0 Å². The maximum atomic E-state index is 9.32. The lowest BCUT2D eigenvalue weighted by atomic mass is 10.1. The lowest BCUT2D eigenvalue weighted by molar-refractivity contribution is 0.205. The van der Waals surface area contributed by atoms with Crippen molar-refractivity contribution in [2.45, 2.75) is 32.7 Å². The van der Waals surface area contributed by atoms with Crippen LogP contribution in [0.25, 0.3) is 0 Å². The van der Waals surface area contributed by atoms with Crippen molar-refractivity contribution in [2.75, 3.05) is 25.2 Å². The summed E-state index contributed by atoms with van der Waals surface area (Å²) in [5.41, 5.74) is 3.49. The molecule has 1 aliphatic carbocycles. The first kappa shape index (κ1) is 12.8. The Morgan fingerprint density at radius 1 is 1.50 bits per heavy atom. The van der Waals surface area contributed by atoms with Gasteiger partial charge in [0.2, 0.25) is 0 Å². The molecule has 0 bridgehead atoms. The third kappa shape index (κ3) is 2.62. The number of ether oxygens (including phenoxy) is 1. The first-order chi connectivity index (χ1) is 8.67. The van der Waals surface area contributed by atoms with Gasteiger partial charge in [-0.05, 0) is 32.8 Å². The highest BCUT2D eigenvalue weighted by Crippen LogP contribution is 2.34. The van der Waals surface area contributed by atoms with Crippen LogP contribution in [0.15, 0.2) is 6.07 Å². The number of aromatic nitrogens is 1. The van der Waals surface area contributed by atoms with Crippen LogP contribution in [-0.2, 0) is 4.74 Å². The molecule has 0 spiro atoms. The second-order valence-electron chi connectivity index (χ2n) is 4.77. The Kier molecular flexibility index (Phi) is 3.83. The van der Waals surface area contributed by atoms with Crippen molar-refractivity contribution in [3.8, 4) is 6.07 Å². The summed E-state index contributed by atoms with van der Waals surface area (Å²) in [4.78, 5) is 6.66. The van der Waals surface area contributed by atoms with E-state index in [1.165, 1.54) is 12.8 Å². The number of hydrogen-bond acceptors (Lipinski definition) is 4. The maximum absolute atomic E-state index is 9.32. The SMILES string of the molecule is COCCN(c1cc(C)nc(C)c1C#N)C1CC1. The van der Waals surface area contributed by atoms with Crippen LogP contribution in [0.3, 0.4) is 0 Å². The Balaban J connectivity index is 2.37. The summed E-state index contributed by atoms with van der Waals surface area (Å²) < 4.78 is 5.17. The number of nitrogens with zero attached hydrogens (tertiary/aromatic N) is 3. The fourth-order valence-corrected chi connectivity index (χ4v) is 2.25. The number of aryl methyl sites for hydroxylation is 2. The molecule has 1 aromatic heterocycles. The summed E-state index contributed by atoms with van der Waals surface area (Å²) >= 11 is 0. The van der Waals surface area contributed by atoms with E-state index >= 15 is 0 Å². The van der Waals surface area contributed by atoms with Gasteiger partial charge in [-0.1, -0.05) is 0 Å². The average molecular weight is 245 g/mol. The minimum atomic E-state index is 0.563. The summed E-state index contributed by atoms with van der Waals surface area (Å²) in [6.45, 7) is 5.38. The number of pyridine rings is 1. The normalized spacial score (nSPS) is 14.3. The van der Waals surface area contributed by atoms with Gasteiger partial charge in [0.1, 0.15) is 6.07 Å². The molecule has 18 heavy (non-hydrogen) atoms. The molecule has 0 radical (unpaired) electrons. The smallest absolute Gasteiger partial charge is 0.103 e. The van der Waals surface area contributed by atoms with E-state index in [0.717, 1.165) is 23.6 Å². The van der Waals surface area contributed by atoms with Gasteiger partial charge in [0.15, 0.2) is 0 Å². The monoisotopic (exact) mass is 245 g/mol. The molecule has 1 heterocycles. The van der Waals surface area contributed by atoms with Gasteiger partial charge < -0.3 is 9.64 Å². The van der Waals surface area contributed by atoms with E-state index in [1.54, 1.807) is 7.11 Å².